The molecular weight excluding hydrogens is 154 g/mol. The second-order valence-electron chi connectivity index (χ2n) is 2.88. The zero-order valence-electron chi connectivity index (χ0n) is 8.22. The fourth-order valence-corrected chi connectivity index (χ4v) is 0.768. The lowest BCUT2D eigenvalue weighted by atomic mass is 10.3. The Morgan fingerprint density at radius 1 is 1.50 bits per heavy atom. The van der Waals surface area contributed by atoms with Gasteiger partial charge in [0, 0.05) is 0 Å². The van der Waals surface area contributed by atoms with E-state index in [1.807, 2.05) is 0 Å². The molecule has 3 nitrogen and oxygen atoms in total. The maximum Gasteiger partial charge on any atom is 0.322 e. The van der Waals surface area contributed by atoms with Crippen LogP contribution in [-0.2, 0) is 9.53 Å². The number of hydrogen-bond acceptors (Lipinski definition) is 3. The smallest absolute Gasteiger partial charge is 0.322 e. The van der Waals surface area contributed by atoms with Crippen LogP contribution in [0.15, 0.2) is 0 Å². The average molecular weight is 173 g/mol. The summed E-state index contributed by atoms with van der Waals surface area (Å²) in [6.07, 6.45) is 3.25. The van der Waals surface area contributed by atoms with E-state index in [0.29, 0.717) is 6.61 Å². The lowest BCUT2D eigenvalue weighted by Gasteiger charge is -2.09. The van der Waals surface area contributed by atoms with Crippen molar-refractivity contribution in [3.8, 4) is 0 Å². The Morgan fingerprint density at radius 2 is 2.17 bits per heavy atom. The van der Waals surface area contributed by atoms with Gasteiger partial charge in [-0.25, -0.2) is 0 Å². The molecule has 0 amide bonds. The molecule has 1 unspecified atom stereocenters. The van der Waals surface area contributed by atoms with E-state index in [-0.39, 0.29) is 12.0 Å². The fraction of sp³-hybridized carbons (Fsp3) is 0.889. The monoisotopic (exact) mass is 173 g/mol. The van der Waals surface area contributed by atoms with Gasteiger partial charge in [0.2, 0.25) is 0 Å². The van der Waals surface area contributed by atoms with Crippen molar-refractivity contribution in [2.24, 2.45) is 0 Å². The van der Waals surface area contributed by atoms with Crippen LogP contribution in [0.25, 0.3) is 0 Å². The van der Waals surface area contributed by atoms with Crippen molar-refractivity contribution in [1.82, 2.24) is 5.32 Å². The third kappa shape index (κ3) is 5.13. The summed E-state index contributed by atoms with van der Waals surface area (Å²) in [5.74, 6) is -0.159. The number of ether oxygens (including phenoxy) is 1. The molecule has 0 aliphatic rings. The maximum atomic E-state index is 11.1. The van der Waals surface area contributed by atoms with Crippen LogP contribution >= 0.6 is 0 Å². The van der Waals surface area contributed by atoms with Gasteiger partial charge in [-0.2, -0.15) is 0 Å². The number of carbonyl (C=O) groups is 1. The van der Waals surface area contributed by atoms with Gasteiger partial charge in [-0.3, -0.25) is 4.79 Å². The molecule has 3 heteroatoms. The quantitative estimate of drug-likeness (QED) is 0.486. The minimum atomic E-state index is -0.188. The second kappa shape index (κ2) is 7.10. The van der Waals surface area contributed by atoms with Crippen LogP contribution in [-0.4, -0.2) is 25.7 Å². The molecule has 1 N–H and O–H groups in total. The number of esters is 1. The summed E-state index contributed by atoms with van der Waals surface area (Å²) < 4.78 is 5.00. The van der Waals surface area contributed by atoms with E-state index in [0.717, 1.165) is 19.3 Å². The summed E-state index contributed by atoms with van der Waals surface area (Å²) in [5.41, 5.74) is 0. The molecule has 0 fully saturated rings. The molecule has 0 saturated carbocycles. The fourth-order valence-electron chi connectivity index (χ4n) is 0.768. The third-order valence-corrected chi connectivity index (χ3v) is 1.78. The summed E-state index contributed by atoms with van der Waals surface area (Å²) in [6.45, 7) is 4.47. The summed E-state index contributed by atoms with van der Waals surface area (Å²) in [5, 5.41) is 2.83. The Balaban J connectivity index is 3.31. The predicted octanol–water partition coefficient (Wildman–Crippen LogP) is 1.33. The highest BCUT2D eigenvalue weighted by Gasteiger charge is 2.10. The lowest BCUT2D eigenvalue weighted by Crippen LogP contribution is -2.32. The Kier molecular flexibility index (Phi) is 6.76. The van der Waals surface area contributed by atoms with E-state index in [9.17, 15) is 4.79 Å². The first-order chi connectivity index (χ1) is 5.72. The van der Waals surface area contributed by atoms with Crippen LogP contribution in [0.4, 0.5) is 0 Å². The highest BCUT2D eigenvalue weighted by molar-refractivity contribution is 5.75. The summed E-state index contributed by atoms with van der Waals surface area (Å²) in [4.78, 5) is 11.1. The molecule has 0 saturated heterocycles. The average Bonchev–Trinajstić information content (AvgIpc) is 2.10. The molecule has 72 valence electrons. The predicted molar refractivity (Wildman–Crippen MR) is 49.0 cm³/mol. The van der Waals surface area contributed by atoms with Crippen LogP contribution in [0, 0.1) is 0 Å². The molecule has 0 aliphatic heterocycles. The molecule has 0 heterocycles. The summed E-state index contributed by atoms with van der Waals surface area (Å²) in [6, 6.07) is -0.188. The summed E-state index contributed by atoms with van der Waals surface area (Å²) >= 11 is 0. The van der Waals surface area contributed by atoms with Gasteiger partial charge in [-0.15, -0.1) is 0 Å². The minimum Gasteiger partial charge on any atom is -0.465 e. The van der Waals surface area contributed by atoms with E-state index >= 15 is 0 Å². The van der Waals surface area contributed by atoms with Gasteiger partial charge in [0.05, 0.1) is 6.61 Å². The zero-order chi connectivity index (χ0) is 9.40. The standard InChI is InChI=1S/C9H19NO2/c1-4-5-6-7-12-9(11)8(2)10-3/h8,10H,4-7H2,1-3H3. The van der Waals surface area contributed by atoms with Gasteiger partial charge >= 0.3 is 5.97 Å². The number of nitrogens with one attached hydrogen (secondary N) is 1. The summed E-state index contributed by atoms with van der Waals surface area (Å²) in [7, 11) is 1.75. The lowest BCUT2D eigenvalue weighted by molar-refractivity contribution is -0.145. The third-order valence-electron chi connectivity index (χ3n) is 1.78. The molecule has 0 aromatic carbocycles. The molecule has 0 rings (SSSR count). The van der Waals surface area contributed by atoms with Gasteiger partial charge in [0.1, 0.15) is 6.04 Å². The van der Waals surface area contributed by atoms with Gasteiger partial charge in [-0.05, 0) is 20.4 Å². The molecule has 0 spiro atoms. The molecule has 0 aromatic heterocycles. The van der Waals surface area contributed by atoms with Crippen molar-refractivity contribution in [1.29, 1.82) is 0 Å². The second-order valence-corrected chi connectivity index (χ2v) is 2.88. The molecule has 1 atom stereocenters. The van der Waals surface area contributed by atoms with Gasteiger partial charge in [0.25, 0.3) is 0 Å². The highest BCUT2D eigenvalue weighted by Crippen LogP contribution is 1.95. The van der Waals surface area contributed by atoms with E-state index in [1.54, 1.807) is 14.0 Å². The van der Waals surface area contributed by atoms with Crippen molar-refractivity contribution in [2.45, 2.75) is 39.2 Å². The van der Waals surface area contributed by atoms with Crippen molar-refractivity contribution < 1.29 is 9.53 Å². The maximum absolute atomic E-state index is 11.1. The van der Waals surface area contributed by atoms with Crippen molar-refractivity contribution in [3.63, 3.8) is 0 Å². The van der Waals surface area contributed by atoms with E-state index < -0.39 is 0 Å². The Labute approximate surface area is 74.5 Å². The number of hydrogen-bond donors (Lipinski definition) is 1. The van der Waals surface area contributed by atoms with Crippen LogP contribution < -0.4 is 5.32 Å². The van der Waals surface area contributed by atoms with Crippen LogP contribution in [0.5, 0.6) is 0 Å². The van der Waals surface area contributed by atoms with E-state index in [2.05, 4.69) is 12.2 Å². The topological polar surface area (TPSA) is 38.3 Å². The number of unbranched alkanes of at least 4 members (excludes halogenated alkanes) is 2. The number of likely N-dealkylation sites (N-methyl/N-ethyl adjacent to an activating group) is 1. The van der Waals surface area contributed by atoms with Gasteiger partial charge < -0.3 is 10.1 Å². The Morgan fingerprint density at radius 3 is 2.67 bits per heavy atom. The largest absolute Gasteiger partial charge is 0.465 e. The van der Waals surface area contributed by atoms with E-state index in [4.69, 9.17) is 4.74 Å². The molecule has 0 radical (unpaired) electrons. The Hall–Kier alpha value is -0.570. The van der Waals surface area contributed by atoms with Gasteiger partial charge in [-0.1, -0.05) is 19.8 Å². The van der Waals surface area contributed by atoms with Gasteiger partial charge in [0.15, 0.2) is 0 Å². The molecule has 0 bridgehead atoms. The molecule has 12 heavy (non-hydrogen) atoms. The molecule has 0 aromatic rings. The Bertz CT molecular complexity index is 126. The van der Waals surface area contributed by atoms with Crippen molar-refractivity contribution in [3.05, 3.63) is 0 Å². The zero-order valence-corrected chi connectivity index (χ0v) is 8.22. The minimum absolute atomic E-state index is 0.159. The SMILES string of the molecule is CCCCCOC(=O)C(C)NC. The first-order valence-electron chi connectivity index (χ1n) is 4.56. The van der Waals surface area contributed by atoms with Crippen LogP contribution in [0.2, 0.25) is 0 Å². The first kappa shape index (κ1) is 11.4. The van der Waals surface area contributed by atoms with Crippen LogP contribution in [0.3, 0.4) is 0 Å². The van der Waals surface area contributed by atoms with Crippen LogP contribution in [0.1, 0.15) is 33.1 Å². The van der Waals surface area contributed by atoms with E-state index in [1.165, 1.54) is 0 Å². The number of rotatable bonds is 6. The van der Waals surface area contributed by atoms with Crippen molar-refractivity contribution in [2.75, 3.05) is 13.7 Å². The first-order valence-corrected chi connectivity index (χ1v) is 4.56. The van der Waals surface area contributed by atoms with Crippen molar-refractivity contribution >= 4 is 5.97 Å². The normalized spacial score (nSPS) is 12.6. The number of carbonyl (C=O) groups excluding carboxylic acids is 1. The highest BCUT2D eigenvalue weighted by atomic mass is 16.5. The molecular formula is C9H19NO2. The molecule has 0 aliphatic carbocycles.